The predicted octanol–water partition coefficient (Wildman–Crippen LogP) is 3.25. The summed E-state index contributed by atoms with van der Waals surface area (Å²) in [4.78, 5) is 0. The second-order valence-corrected chi connectivity index (χ2v) is 7.97. The van der Waals surface area contributed by atoms with Crippen molar-refractivity contribution in [1.82, 2.24) is 0 Å². The van der Waals surface area contributed by atoms with Gasteiger partial charge in [-0.1, -0.05) is 6.07 Å². The van der Waals surface area contributed by atoms with Gasteiger partial charge < -0.3 is 9.73 Å². The zero-order chi connectivity index (χ0) is 16.3. The van der Waals surface area contributed by atoms with E-state index < -0.39 is 10.0 Å². The van der Waals surface area contributed by atoms with Crippen molar-refractivity contribution in [3.63, 3.8) is 0 Å². The monoisotopic (exact) mass is 334 g/mol. The molecular weight excluding hydrogens is 312 g/mol. The van der Waals surface area contributed by atoms with Crippen molar-refractivity contribution < 1.29 is 12.8 Å². The van der Waals surface area contributed by atoms with Crippen LogP contribution in [0.1, 0.15) is 25.5 Å². The Kier molecular flexibility index (Phi) is 4.61. The number of benzene rings is 1. The van der Waals surface area contributed by atoms with Gasteiger partial charge in [0.25, 0.3) is 0 Å². The largest absolute Gasteiger partial charge is 0.469 e. The van der Waals surface area contributed by atoms with Gasteiger partial charge in [0.15, 0.2) is 0 Å². The van der Waals surface area contributed by atoms with E-state index in [4.69, 9.17) is 4.42 Å². The quantitative estimate of drug-likeness (QED) is 0.881. The topological polar surface area (TPSA) is 62.6 Å². The lowest BCUT2D eigenvalue weighted by Gasteiger charge is -2.20. The van der Waals surface area contributed by atoms with Crippen LogP contribution in [-0.2, 0) is 16.4 Å². The molecule has 1 saturated heterocycles. The average Bonchev–Trinajstić information content (AvgIpc) is 3.14. The number of aryl methyl sites for hydroxylation is 1. The first kappa shape index (κ1) is 15.9. The Balaban J connectivity index is 1.63. The molecule has 1 N–H and O–H groups in total. The maximum absolute atomic E-state index is 12.0. The second kappa shape index (κ2) is 6.66. The van der Waals surface area contributed by atoms with Crippen LogP contribution in [0.4, 0.5) is 11.4 Å². The molecule has 1 aromatic heterocycles. The molecule has 1 atom stereocenters. The van der Waals surface area contributed by atoms with Gasteiger partial charge in [-0.25, -0.2) is 8.42 Å². The summed E-state index contributed by atoms with van der Waals surface area (Å²) in [6.45, 7) is 2.68. The molecule has 1 aliphatic rings. The smallest absolute Gasteiger partial charge is 0.235 e. The molecule has 2 aromatic rings. The molecule has 1 aliphatic heterocycles. The van der Waals surface area contributed by atoms with Gasteiger partial charge in [0, 0.05) is 24.7 Å². The molecular formula is C17H22N2O3S. The minimum absolute atomic E-state index is 0.240. The fourth-order valence-corrected chi connectivity index (χ4v) is 4.41. The lowest BCUT2D eigenvalue weighted by molar-refractivity contribution is 0.495. The van der Waals surface area contributed by atoms with E-state index in [1.54, 1.807) is 6.26 Å². The minimum Gasteiger partial charge on any atom is -0.469 e. The third-order valence-corrected chi connectivity index (χ3v) is 5.92. The Bertz CT molecular complexity index is 741. The average molecular weight is 334 g/mol. The van der Waals surface area contributed by atoms with Crippen LogP contribution in [0.3, 0.4) is 0 Å². The zero-order valence-corrected chi connectivity index (χ0v) is 14.1. The van der Waals surface area contributed by atoms with Gasteiger partial charge in [-0.15, -0.1) is 0 Å². The second-order valence-electron chi connectivity index (χ2n) is 5.96. The van der Waals surface area contributed by atoms with Gasteiger partial charge in [-0.05, 0) is 50.1 Å². The van der Waals surface area contributed by atoms with Crippen molar-refractivity contribution in [3.05, 3.63) is 48.4 Å². The van der Waals surface area contributed by atoms with Crippen molar-refractivity contribution in [2.24, 2.45) is 0 Å². The Morgan fingerprint density at radius 2 is 2.17 bits per heavy atom. The molecule has 5 nitrogen and oxygen atoms in total. The molecule has 1 aromatic carbocycles. The molecule has 0 unspecified atom stereocenters. The summed E-state index contributed by atoms with van der Waals surface area (Å²) in [5.74, 6) is 1.22. The fourth-order valence-electron chi connectivity index (χ4n) is 2.85. The summed E-state index contributed by atoms with van der Waals surface area (Å²) < 4.78 is 30.9. The Labute approximate surface area is 137 Å². The summed E-state index contributed by atoms with van der Waals surface area (Å²) in [6.07, 6.45) is 4.20. The van der Waals surface area contributed by atoms with E-state index in [0.717, 1.165) is 30.0 Å². The van der Waals surface area contributed by atoms with Crippen molar-refractivity contribution >= 4 is 21.4 Å². The standard InChI is InChI=1S/C17H22N2O3S/c1-14(8-9-17-7-3-11-22-17)18-15-5-2-6-16(13-15)19-10-4-12-23(19,20)21/h2-3,5-7,11,13-14,18H,4,8-10,12H2,1H3/t14-/m1/s1. The van der Waals surface area contributed by atoms with Gasteiger partial charge in [0.2, 0.25) is 10.0 Å². The van der Waals surface area contributed by atoms with E-state index in [-0.39, 0.29) is 11.8 Å². The van der Waals surface area contributed by atoms with Crippen LogP contribution in [0.15, 0.2) is 47.1 Å². The molecule has 0 saturated carbocycles. The Morgan fingerprint density at radius 1 is 1.30 bits per heavy atom. The summed E-state index contributed by atoms with van der Waals surface area (Å²) in [7, 11) is -3.13. The maximum Gasteiger partial charge on any atom is 0.235 e. The van der Waals surface area contributed by atoms with Crippen molar-refractivity contribution in [1.29, 1.82) is 0 Å². The van der Waals surface area contributed by atoms with Crippen LogP contribution in [0.25, 0.3) is 0 Å². The van der Waals surface area contributed by atoms with E-state index in [9.17, 15) is 8.42 Å². The van der Waals surface area contributed by atoms with Crippen molar-refractivity contribution in [2.75, 3.05) is 21.9 Å². The van der Waals surface area contributed by atoms with Gasteiger partial charge in [-0.2, -0.15) is 0 Å². The highest BCUT2D eigenvalue weighted by Gasteiger charge is 2.28. The highest BCUT2D eigenvalue weighted by Crippen LogP contribution is 2.26. The minimum atomic E-state index is -3.13. The first-order valence-electron chi connectivity index (χ1n) is 7.94. The summed E-state index contributed by atoms with van der Waals surface area (Å²) >= 11 is 0. The van der Waals surface area contributed by atoms with E-state index >= 15 is 0 Å². The molecule has 1 fully saturated rings. The van der Waals surface area contributed by atoms with Crippen LogP contribution in [-0.4, -0.2) is 26.8 Å². The first-order chi connectivity index (χ1) is 11.0. The van der Waals surface area contributed by atoms with E-state index in [1.807, 2.05) is 36.4 Å². The lowest BCUT2D eigenvalue weighted by atomic mass is 10.1. The Hall–Kier alpha value is -1.95. The fraction of sp³-hybridized carbons (Fsp3) is 0.412. The first-order valence-corrected chi connectivity index (χ1v) is 9.55. The number of sulfonamides is 1. The highest BCUT2D eigenvalue weighted by atomic mass is 32.2. The molecule has 3 rings (SSSR count). The van der Waals surface area contributed by atoms with Crippen LogP contribution in [0.2, 0.25) is 0 Å². The molecule has 0 spiro atoms. The lowest BCUT2D eigenvalue weighted by Crippen LogP contribution is -2.25. The van der Waals surface area contributed by atoms with E-state index in [0.29, 0.717) is 13.0 Å². The van der Waals surface area contributed by atoms with Gasteiger partial charge >= 0.3 is 0 Å². The normalized spacial score (nSPS) is 18.0. The Morgan fingerprint density at radius 3 is 2.87 bits per heavy atom. The molecule has 6 heteroatoms. The third-order valence-electron chi connectivity index (χ3n) is 4.05. The SMILES string of the molecule is C[C@H](CCc1ccco1)Nc1cccc(N2CCCS2(=O)=O)c1. The molecule has 0 amide bonds. The van der Waals surface area contributed by atoms with Crippen molar-refractivity contribution in [3.8, 4) is 0 Å². The number of furan rings is 1. The van der Waals surface area contributed by atoms with Crippen LogP contribution in [0.5, 0.6) is 0 Å². The van der Waals surface area contributed by atoms with Crippen molar-refractivity contribution in [2.45, 2.75) is 32.2 Å². The molecule has 0 bridgehead atoms. The van der Waals surface area contributed by atoms with Crippen LogP contribution >= 0.6 is 0 Å². The highest BCUT2D eigenvalue weighted by molar-refractivity contribution is 7.93. The summed E-state index contributed by atoms with van der Waals surface area (Å²) in [5, 5.41) is 3.43. The van der Waals surface area contributed by atoms with E-state index in [1.165, 1.54) is 4.31 Å². The third kappa shape index (κ3) is 3.88. The summed E-state index contributed by atoms with van der Waals surface area (Å²) in [5.41, 5.74) is 1.68. The van der Waals surface area contributed by atoms with E-state index in [2.05, 4.69) is 12.2 Å². The van der Waals surface area contributed by atoms with Crippen LogP contribution < -0.4 is 9.62 Å². The van der Waals surface area contributed by atoms with Gasteiger partial charge in [0.05, 0.1) is 17.7 Å². The zero-order valence-electron chi connectivity index (χ0n) is 13.2. The maximum atomic E-state index is 12.0. The van der Waals surface area contributed by atoms with Gasteiger partial charge in [0.1, 0.15) is 5.76 Å². The molecule has 2 heterocycles. The molecule has 23 heavy (non-hydrogen) atoms. The number of anilines is 2. The number of rotatable bonds is 6. The summed E-state index contributed by atoms with van der Waals surface area (Å²) in [6, 6.07) is 11.8. The number of hydrogen-bond donors (Lipinski definition) is 1. The number of nitrogens with zero attached hydrogens (tertiary/aromatic N) is 1. The molecule has 0 aliphatic carbocycles. The molecule has 0 radical (unpaired) electrons. The molecule has 124 valence electrons. The predicted molar refractivity (Wildman–Crippen MR) is 92.3 cm³/mol. The number of nitrogens with one attached hydrogen (secondary N) is 1. The van der Waals surface area contributed by atoms with Crippen LogP contribution in [0, 0.1) is 0 Å². The number of hydrogen-bond acceptors (Lipinski definition) is 4. The van der Waals surface area contributed by atoms with Gasteiger partial charge in [-0.3, -0.25) is 4.31 Å².